The van der Waals surface area contributed by atoms with Gasteiger partial charge in [-0.05, 0) is 60.2 Å². The molecule has 1 heterocycles. The third-order valence-electron chi connectivity index (χ3n) is 5.21. The molecule has 3 aromatic carbocycles. The minimum atomic E-state index is -3.88. The standard InChI is InChI=1S/C25H23ClN4O3S3/c1-3-34-25-29-28-24(35-25)27-23(31)19-12-10-18(11-13-19)16-30(22-15-20(26)14-9-17(22)2)36(32,33)21-7-5-4-6-8-21/h4-15H,3,16H2,1-2H3,(H,27,28,31). The van der Waals surface area contributed by atoms with Gasteiger partial charge < -0.3 is 0 Å². The van der Waals surface area contributed by atoms with Gasteiger partial charge in [-0.15, -0.1) is 10.2 Å². The Hall–Kier alpha value is -2.92. The number of halogens is 1. The maximum absolute atomic E-state index is 13.6. The Morgan fingerprint density at radius 3 is 2.47 bits per heavy atom. The van der Waals surface area contributed by atoms with Gasteiger partial charge in [0.15, 0.2) is 4.34 Å². The van der Waals surface area contributed by atoms with Gasteiger partial charge in [0.05, 0.1) is 17.1 Å². The fourth-order valence-electron chi connectivity index (χ4n) is 3.41. The lowest BCUT2D eigenvalue weighted by molar-refractivity contribution is 0.102. The van der Waals surface area contributed by atoms with Gasteiger partial charge in [-0.25, -0.2) is 8.42 Å². The van der Waals surface area contributed by atoms with Crippen LogP contribution in [0.1, 0.15) is 28.4 Å². The van der Waals surface area contributed by atoms with Crippen molar-refractivity contribution in [3.63, 3.8) is 0 Å². The van der Waals surface area contributed by atoms with Crippen molar-refractivity contribution in [3.05, 3.63) is 94.5 Å². The first-order valence-electron chi connectivity index (χ1n) is 11.0. The van der Waals surface area contributed by atoms with E-state index in [4.69, 9.17) is 11.6 Å². The summed E-state index contributed by atoms with van der Waals surface area (Å²) in [5.41, 5.74) is 2.40. The average molecular weight is 559 g/mol. The number of sulfonamides is 1. The zero-order valence-corrected chi connectivity index (χ0v) is 22.7. The first-order chi connectivity index (χ1) is 17.3. The van der Waals surface area contributed by atoms with Crippen LogP contribution in [0.15, 0.2) is 82.0 Å². The van der Waals surface area contributed by atoms with E-state index in [9.17, 15) is 13.2 Å². The van der Waals surface area contributed by atoms with E-state index >= 15 is 0 Å². The summed E-state index contributed by atoms with van der Waals surface area (Å²) in [6.45, 7) is 3.92. The third-order valence-corrected chi connectivity index (χ3v) is 9.07. The Morgan fingerprint density at radius 2 is 1.78 bits per heavy atom. The van der Waals surface area contributed by atoms with Gasteiger partial charge in [0, 0.05) is 10.6 Å². The Balaban J connectivity index is 1.59. The summed E-state index contributed by atoms with van der Waals surface area (Å²) in [5, 5.41) is 11.6. The summed E-state index contributed by atoms with van der Waals surface area (Å²) in [6, 6.07) is 20.2. The minimum Gasteiger partial charge on any atom is -0.296 e. The van der Waals surface area contributed by atoms with Crippen molar-refractivity contribution in [2.45, 2.75) is 29.6 Å². The van der Waals surface area contributed by atoms with E-state index in [0.717, 1.165) is 15.7 Å². The Kier molecular flexibility index (Phi) is 8.30. The second kappa shape index (κ2) is 11.4. The number of amides is 1. The van der Waals surface area contributed by atoms with E-state index in [1.165, 1.54) is 15.6 Å². The van der Waals surface area contributed by atoms with Crippen LogP contribution in [-0.2, 0) is 16.6 Å². The van der Waals surface area contributed by atoms with Crippen LogP contribution in [0.3, 0.4) is 0 Å². The SMILES string of the molecule is CCSc1nnc(NC(=O)c2ccc(CN(c3cc(Cl)ccc3C)S(=O)(=O)c3ccccc3)cc2)s1. The molecular formula is C25H23ClN4O3S3. The number of thioether (sulfide) groups is 1. The molecule has 0 saturated carbocycles. The molecule has 0 spiro atoms. The maximum Gasteiger partial charge on any atom is 0.264 e. The van der Waals surface area contributed by atoms with Crippen LogP contribution in [0.2, 0.25) is 5.02 Å². The smallest absolute Gasteiger partial charge is 0.264 e. The topological polar surface area (TPSA) is 92.3 Å². The number of nitrogens with zero attached hydrogens (tertiary/aromatic N) is 3. The zero-order valence-electron chi connectivity index (χ0n) is 19.5. The summed E-state index contributed by atoms with van der Waals surface area (Å²) in [4.78, 5) is 12.8. The molecule has 36 heavy (non-hydrogen) atoms. The molecular weight excluding hydrogens is 536 g/mol. The lowest BCUT2D eigenvalue weighted by Crippen LogP contribution is -2.31. The molecule has 186 valence electrons. The van der Waals surface area contributed by atoms with Crippen molar-refractivity contribution in [2.75, 3.05) is 15.4 Å². The van der Waals surface area contributed by atoms with E-state index in [1.807, 2.05) is 13.8 Å². The number of rotatable bonds is 9. The third kappa shape index (κ3) is 6.07. The largest absolute Gasteiger partial charge is 0.296 e. The Morgan fingerprint density at radius 1 is 1.06 bits per heavy atom. The number of carbonyl (C=O) groups is 1. The van der Waals surface area contributed by atoms with Gasteiger partial charge in [0.25, 0.3) is 15.9 Å². The molecule has 0 atom stereocenters. The van der Waals surface area contributed by atoms with Gasteiger partial charge >= 0.3 is 0 Å². The summed E-state index contributed by atoms with van der Waals surface area (Å²) < 4.78 is 29.4. The molecule has 0 aliphatic carbocycles. The highest BCUT2D eigenvalue weighted by Crippen LogP contribution is 2.31. The predicted octanol–water partition coefficient (Wildman–Crippen LogP) is 6.26. The van der Waals surface area contributed by atoms with Crippen LogP contribution in [0.25, 0.3) is 0 Å². The number of hydrogen-bond donors (Lipinski definition) is 1. The number of nitrogens with one attached hydrogen (secondary N) is 1. The molecule has 1 aromatic heterocycles. The molecule has 0 saturated heterocycles. The van der Waals surface area contributed by atoms with E-state index in [0.29, 0.717) is 27.0 Å². The fraction of sp³-hybridized carbons (Fsp3) is 0.160. The second-order valence-corrected chi connectivity index (χ2v) is 12.5. The highest BCUT2D eigenvalue weighted by atomic mass is 35.5. The number of hydrogen-bond acceptors (Lipinski definition) is 7. The van der Waals surface area contributed by atoms with Gasteiger partial charge in [-0.1, -0.05) is 78.0 Å². The lowest BCUT2D eigenvalue weighted by Gasteiger charge is -2.26. The molecule has 0 aliphatic rings. The highest BCUT2D eigenvalue weighted by molar-refractivity contribution is 8.01. The summed E-state index contributed by atoms with van der Waals surface area (Å²) in [5.74, 6) is 0.556. The first-order valence-corrected chi connectivity index (χ1v) is 14.6. The van der Waals surface area contributed by atoms with Crippen LogP contribution >= 0.6 is 34.7 Å². The normalized spacial score (nSPS) is 11.3. The van der Waals surface area contributed by atoms with Crippen molar-refractivity contribution < 1.29 is 13.2 Å². The predicted molar refractivity (Wildman–Crippen MR) is 147 cm³/mol. The number of carbonyl (C=O) groups excluding carboxylic acids is 1. The molecule has 1 amide bonds. The average Bonchev–Trinajstić information content (AvgIpc) is 3.32. The molecule has 0 unspecified atom stereocenters. The molecule has 4 rings (SSSR count). The summed E-state index contributed by atoms with van der Waals surface area (Å²) in [7, 11) is -3.88. The maximum atomic E-state index is 13.6. The van der Waals surface area contributed by atoms with Crippen molar-refractivity contribution in [2.24, 2.45) is 0 Å². The molecule has 0 fully saturated rings. The van der Waals surface area contributed by atoms with E-state index in [1.54, 1.807) is 84.6 Å². The molecule has 0 radical (unpaired) electrons. The van der Waals surface area contributed by atoms with E-state index in [-0.39, 0.29) is 17.3 Å². The summed E-state index contributed by atoms with van der Waals surface area (Å²) in [6.07, 6.45) is 0. The van der Waals surface area contributed by atoms with Gasteiger partial charge in [-0.2, -0.15) is 0 Å². The quantitative estimate of drug-likeness (QED) is 0.192. The fourth-order valence-corrected chi connectivity index (χ4v) is 6.75. The number of benzene rings is 3. The Labute approximate surface area is 223 Å². The second-order valence-electron chi connectivity index (χ2n) is 7.71. The van der Waals surface area contributed by atoms with Gasteiger partial charge in [0.2, 0.25) is 5.13 Å². The van der Waals surface area contributed by atoms with Gasteiger partial charge in [0.1, 0.15) is 0 Å². The van der Waals surface area contributed by atoms with E-state index < -0.39 is 10.0 Å². The van der Waals surface area contributed by atoms with Crippen LogP contribution < -0.4 is 9.62 Å². The molecule has 0 aliphatic heterocycles. The molecule has 4 aromatic rings. The molecule has 0 bridgehead atoms. The number of aromatic nitrogens is 2. The van der Waals surface area contributed by atoms with Crippen molar-refractivity contribution in [1.29, 1.82) is 0 Å². The summed E-state index contributed by atoms with van der Waals surface area (Å²) >= 11 is 9.10. The zero-order chi connectivity index (χ0) is 25.7. The lowest BCUT2D eigenvalue weighted by atomic mass is 10.1. The van der Waals surface area contributed by atoms with Gasteiger partial charge in [-0.3, -0.25) is 14.4 Å². The monoisotopic (exact) mass is 558 g/mol. The minimum absolute atomic E-state index is 0.0638. The van der Waals surface area contributed by atoms with Crippen LogP contribution in [0.5, 0.6) is 0 Å². The van der Waals surface area contributed by atoms with Crippen molar-refractivity contribution >= 4 is 61.4 Å². The van der Waals surface area contributed by atoms with Crippen LogP contribution in [-0.4, -0.2) is 30.3 Å². The van der Waals surface area contributed by atoms with Crippen LogP contribution in [0, 0.1) is 6.92 Å². The molecule has 11 heteroatoms. The number of aryl methyl sites for hydroxylation is 1. The number of anilines is 2. The van der Waals surface area contributed by atoms with Crippen molar-refractivity contribution in [1.82, 2.24) is 10.2 Å². The van der Waals surface area contributed by atoms with Crippen LogP contribution in [0.4, 0.5) is 10.8 Å². The molecule has 7 nitrogen and oxygen atoms in total. The molecule has 1 N–H and O–H groups in total. The Bertz CT molecular complexity index is 1460. The first kappa shape index (κ1) is 26.2. The van der Waals surface area contributed by atoms with Crippen molar-refractivity contribution in [3.8, 4) is 0 Å². The van der Waals surface area contributed by atoms with E-state index in [2.05, 4.69) is 15.5 Å². The highest BCUT2D eigenvalue weighted by Gasteiger charge is 2.26.